The molecule has 0 aliphatic heterocycles. The van der Waals surface area contributed by atoms with Gasteiger partial charge in [0.15, 0.2) is 11.6 Å². The van der Waals surface area contributed by atoms with Crippen molar-refractivity contribution in [1.29, 1.82) is 0 Å². The highest BCUT2D eigenvalue weighted by Gasteiger charge is 2.12. The SMILES string of the molecule is C=CC(=O)Oc1ccccc1C#Cc1ccc(C#Cc2ccccc2OC(=O)C=C)c(F)c1F. The summed E-state index contributed by atoms with van der Waals surface area (Å²) in [5.74, 6) is 7.07. The summed E-state index contributed by atoms with van der Waals surface area (Å²) < 4.78 is 39.4. The second-order valence-electron chi connectivity index (χ2n) is 6.53. The molecule has 0 N–H and O–H groups in total. The molecule has 0 aliphatic rings. The molecule has 0 atom stereocenters. The van der Waals surface area contributed by atoms with E-state index < -0.39 is 23.6 Å². The Hall–Kier alpha value is -4.94. The molecule has 3 aromatic rings. The number of carbonyl (C=O) groups is 2. The van der Waals surface area contributed by atoms with Gasteiger partial charge in [-0.25, -0.2) is 18.4 Å². The molecule has 166 valence electrons. The third-order valence-corrected chi connectivity index (χ3v) is 4.27. The van der Waals surface area contributed by atoms with Crippen molar-refractivity contribution in [3.05, 3.63) is 120 Å². The molecule has 0 heterocycles. The van der Waals surface area contributed by atoms with E-state index in [1.54, 1.807) is 36.4 Å². The lowest BCUT2D eigenvalue weighted by Crippen LogP contribution is -2.04. The highest BCUT2D eigenvalue weighted by molar-refractivity contribution is 5.84. The average Bonchev–Trinajstić information content (AvgIpc) is 2.85. The van der Waals surface area contributed by atoms with Crippen molar-refractivity contribution in [2.75, 3.05) is 0 Å². The van der Waals surface area contributed by atoms with Crippen molar-refractivity contribution in [2.45, 2.75) is 0 Å². The van der Waals surface area contributed by atoms with Crippen LogP contribution in [0.15, 0.2) is 86.0 Å². The molecule has 0 fully saturated rings. The zero-order chi connectivity index (χ0) is 24.5. The standard InChI is InChI=1S/C28H16F2O4/c1-3-25(31)33-23-11-7-5-9-19(23)13-15-21-17-18-22(28(30)27(21)29)16-14-20-10-6-8-12-24(20)34-26(32)4-2/h3-12,17-18H,1-2H2. The Kier molecular flexibility index (Phi) is 7.73. The average molecular weight is 454 g/mol. The lowest BCUT2D eigenvalue weighted by molar-refractivity contribution is -0.129. The molecular formula is C28H16F2O4. The fourth-order valence-electron chi connectivity index (χ4n) is 2.63. The maximum Gasteiger partial charge on any atom is 0.335 e. The van der Waals surface area contributed by atoms with Crippen LogP contribution in [0.1, 0.15) is 22.3 Å². The predicted molar refractivity (Wildman–Crippen MR) is 123 cm³/mol. The van der Waals surface area contributed by atoms with E-state index in [1.807, 2.05) is 0 Å². The topological polar surface area (TPSA) is 52.6 Å². The van der Waals surface area contributed by atoms with Gasteiger partial charge in [-0.1, -0.05) is 61.1 Å². The van der Waals surface area contributed by atoms with Crippen molar-refractivity contribution in [2.24, 2.45) is 0 Å². The predicted octanol–water partition coefficient (Wildman–Crippen LogP) is 4.95. The number of hydrogen-bond acceptors (Lipinski definition) is 4. The lowest BCUT2D eigenvalue weighted by atomic mass is 10.1. The summed E-state index contributed by atoms with van der Waals surface area (Å²) in [5, 5.41) is 0. The minimum absolute atomic E-state index is 0.166. The molecule has 0 unspecified atom stereocenters. The first-order valence-electron chi connectivity index (χ1n) is 9.81. The molecular weight excluding hydrogens is 438 g/mol. The van der Waals surface area contributed by atoms with Gasteiger partial charge in [0.25, 0.3) is 0 Å². The maximum absolute atomic E-state index is 14.6. The smallest absolute Gasteiger partial charge is 0.335 e. The molecule has 0 spiro atoms. The quantitative estimate of drug-likeness (QED) is 0.242. The number of benzene rings is 3. The summed E-state index contributed by atoms with van der Waals surface area (Å²) in [5.41, 5.74) is 0.223. The number of esters is 2. The number of ether oxygens (including phenoxy) is 2. The van der Waals surface area contributed by atoms with Gasteiger partial charge in [0.1, 0.15) is 11.5 Å². The van der Waals surface area contributed by atoms with Crippen LogP contribution in [-0.4, -0.2) is 11.9 Å². The highest BCUT2D eigenvalue weighted by atomic mass is 19.2. The van der Waals surface area contributed by atoms with Crippen LogP contribution in [0.3, 0.4) is 0 Å². The van der Waals surface area contributed by atoms with E-state index in [-0.39, 0.29) is 22.6 Å². The van der Waals surface area contributed by atoms with Gasteiger partial charge in [-0.15, -0.1) is 0 Å². The van der Waals surface area contributed by atoms with Crippen LogP contribution >= 0.6 is 0 Å². The summed E-state index contributed by atoms with van der Waals surface area (Å²) in [6.07, 6.45) is 2.00. The molecule has 0 saturated carbocycles. The molecule has 0 bridgehead atoms. The van der Waals surface area contributed by atoms with Crippen LogP contribution in [0.25, 0.3) is 0 Å². The molecule has 4 nitrogen and oxygen atoms in total. The highest BCUT2D eigenvalue weighted by Crippen LogP contribution is 2.20. The van der Waals surface area contributed by atoms with Crippen molar-refractivity contribution in [3.8, 4) is 35.2 Å². The van der Waals surface area contributed by atoms with Crippen LogP contribution in [0.2, 0.25) is 0 Å². The molecule has 0 saturated heterocycles. The van der Waals surface area contributed by atoms with Gasteiger partial charge in [0.05, 0.1) is 22.3 Å². The van der Waals surface area contributed by atoms with Gasteiger partial charge in [-0.3, -0.25) is 0 Å². The molecule has 0 aromatic heterocycles. The summed E-state index contributed by atoms with van der Waals surface area (Å²) >= 11 is 0. The molecule has 0 aliphatic carbocycles. The van der Waals surface area contributed by atoms with E-state index in [0.717, 1.165) is 12.2 Å². The number of rotatable bonds is 4. The number of para-hydroxylation sites is 2. The van der Waals surface area contributed by atoms with Crippen LogP contribution in [-0.2, 0) is 9.59 Å². The van der Waals surface area contributed by atoms with E-state index >= 15 is 0 Å². The Morgan fingerprint density at radius 3 is 1.35 bits per heavy atom. The largest absolute Gasteiger partial charge is 0.422 e. The van der Waals surface area contributed by atoms with Gasteiger partial charge >= 0.3 is 11.9 Å². The first-order chi connectivity index (χ1) is 16.4. The maximum atomic E-state index is 14.6. The van der Waals surface area contributed by atoms with Crippen LogP contribution < -0.4 is 9.47 Å². The zero-order valence-corrected chi connectivity index (χ0v) is 17.7. The van der Waals surface area contributed by atoms with Crippen molar-refractivity contribution < 1.29 is 27.8 Å². The van der Waals surface area contributed by atoms with Gasteiger partial charge in [0.2, 0.25) is 0 Å². The Morgan fingerprint density at radius 1 is 0.618 bits per heavy atom. The summed E-state index contributed by atoms with van der Waals surface area (Å²) in [6, 6.07) is 15.4. The van der Waals surface area contributed by atoms with E-state index in [9.17, 15) is 18.4 Å². The first kappa shape index (κ1) is 23.7. The van der Waals surface area contributed by atoms with Gasteiger partial charge in [0, 0.05) is 12.2 Å². The Balaban J connectivity index is 1.90. The molecule has 3 rings (SSSR count). The summed E-state index contributed by atoms with van der Waals surface area (Å²) in [6.45, 7) is 6.65. The minimum Gasteiger partial charge on any atom is -0.422 e. The van der Waals surface area contributed by atoms with Gasteiger partial charge in [-0.05, 0) is 36.4 Å². The number of halogens is 2. The number of carbonyl (C=O) groups excluding carboxylic acids is 2. The second kappa shape index (κ2) is 11.1. The lowest BCUT2D eigenvalue weighted by Gasteiger charge is -2.04. The van der Waals surface area contributed by atoms with Gasteiger partial charge in [-0.2, -0.15) is 0 Å². The molecule has 0 radical (unpaired) electrons. The normalized spacial score (nSPS) is 9.47. The van der Waals surface area contributed by atoms with E-state index in [0.29, 0.717) is 11.1 Å². The molecule has 0 amide bonds. The van der Waals surface area contributed by atoms with Crippen molar-refractivity contribution in [3.63, 3.8) is 0 Å². The van der Waals surface area contributed by atoms with E-state index in [2.05, 4.69) is 36.8 Å². The molecule has 3 aromatic carbocycles. The monoisotopic (exact) mass is 454 g/mol. The third kappa shape index (κ3) is 5.85. The van der Waals surface area contributed by atoms with Crippen LogP contribution in [0.5, 0.6) is 11.5 Å². The fourth-order valence-corrected chi connectivity index (χ4v) is 2.63. The van der Waals surface area contributed by atoms with Crippen LogP contribution in [0, 0.1) is 35.3 Å². The fraction of sp³-hybridized carbons (Fsp3) is 0. The minimum atomic E-state index is -1.17. The second-order valence-corrected chi connectivity index (χ2v) is 6.53. The number of hydrogen-bond donors (Lipinski definition) is 0. The first-order valence-corrected chi connectivity index (χ1v) is 9.81. The Bertz CT molecular complexity index is 1310. The third-order valence-electron chi connectivity index (χ3n) is 4.27. The summed E-state index contributed by atoms with van der Waals surface area (Å²) in [7, 11) is 0. The Labute approximate surface area is 195 Å². The van der Waals surface area contributed by atoms with Crippen molar-refractivity contribution in [1.82, 2.24) is 0 Å². The van der Waals surface area contributed by atoms with E-state index in [1.165, 1.54) is 24.3 Å². The molecule has 6 heteroatoms. The molecule has 34 heavy (non-hydrogen) atoms. The Morgan fingerprint density at radius 2 is 0.971 bits per heavy atom. The zero-order valence-electron chi connectivity index (χ0n) is 17.7. The summed E-state index contributed by atoms with van der Waals surface area (Å²) in [4.78, 5) is 22.9. The van der Waals surface area contributed by atoms with Gasteiger partial charge < -0.3 is 9.47 Å². The van der Waals surface area contributed by atoms with Crippen LogP contribution in [0.4, 0.5) is 8.78 Å². The van der Waals surface area contributed by atoms with Crippen molar-refractivity contribution >= 4 is 11.9 Å². The van der Waals surface area contributed by atoms with E-state index in [4.69, 9.17) is 9.47 Å².